The van der Waals surface area contributed by atoms with Gasteiger partial charge in [-0.2, -0.15) is 0 Å². The van der Waals surface area contributed by atoms with Crippen LogP contribution in [-0.4, -0.2) is 60.2 Å². The first-order valence-electron chi connectivity index (χ1n) is 10.6. The predicted octanol–water partition coefficient (Wildman–Crippen LogP) is 4.32. The standard InChI is InChI=1S/C23H25Cl2N3O4S2/c1-32-23(31)16(13-18-26-9-12-34-18)27-22(30)15-7-10-28(11-8-15)19(29)6-4-14-3-5-17(33-2)21(25)20(14)24/h3-6,9,12,15-16H,7-8,10-11,13H2,1-2H3,(H,27,30). The van der Waals surface area contributed by atoms with Gasteiger partial charge in [0.25, 0.3) is 0 Å². The van der Waals surface area contributed by atoms with E-state index in [1.54, 1.807) is 17.2 Å². The molecular weight excluding hydrogens is 517 g/mol. The van der Waals surface area contributed by atoms with E-state index in [-0.39, 0.29) is 24.2 Å². The van der Waals surface area contributed by atoms with Crippen LogP contribution < -0.4 is 5.32 Å². The lowest BCUT2D eigenvalue weighted by Gasteiger charge is -2.31. The summed E-state index contributed by atoms with van der Waals surface area (Å²) >= 11 is 15.5. The fourth-order valence-corrected chi connectivity index (χ4v) is 5.45. The van der Waals surface area contributed by atoms with Gasteiger partial charge >= 0.3 is 5.97 Å². The van der Waals surface area contributed by atoms with Crippen molar-refractivity contribution in [2.45, 2.75) is 30.2 Å². The number of aromatic nitrogens is 1. The molecule has 7 nitrogen and oxygen atoms in total. The predicted molar refractivity (Wildman–Crippen MR) is 136 cm³/mol. The Morgan fingerprint density at radius 3 is 2.65 bits per heavy atom. The number of esters is 1. The van der Waals surface area contributed by atoms with Gasteiger partial charge in [-0.05, 0) is 36.8 Å². The molecule has 2 aromatic rings. The van der Waals surface area contributed by atoms with Crippen LogP contribution in [0.5, 0.6) is 0 Å². The zero-order valence-electron chi connectivity index (χ0n) is 18.8. The van der Waals surface area contributed by atoms with Crippen LogP contribution in [0.4, 0.5) is 0 Å². The summed E-state index contributed by atoms with van der Waals surface area (Å²) in [5, 5.41) is 6.23. The van der Waals surface area contributed by atoms with Crippen LogP contribution in [0, 0.1) is 5.92 Å². The molecule has 2 heterocycles. The maximum atomic E-state index is 12.8. The van der Waals surface area contributed by atoms with E-state index in [4.69, 9.17) is 27.9 Å². The fraction of sp³-hybridized carbons (Fsp3) is 0.391. The van der Waals surface area contributed by atoms with Crippen molar-refractivity contribution < 1.29 is 19.1 Å². The minimum atomic E-state index is -0.791. The zero-order chi connectivity index (χ0) is 24.7. The number of amides is 2. The number of hydrogen-bond donors (Lipinski definition) is 1. The van der Waals surface area contributed by atoms with E-state index < -0.39 is 12.0 Å². The van der Waals surface area contributed by atoms with E-state index in [2.05, 4.69) is 10.3 Å². The molecular formula is C23H25Cl2N3O4S2. The number of thiazole rings is 1. The van der Waals surface area contributed by atoms with Crippen LogP contribution in [0.25, 0.3) is 6.08 Å². The van der Waals surface area contributed by atoms with Crippen LogP contribution in [0.2, 0.25) is 10.0 Å². The van der Waals surface area contributed by atoms with Crippen molar-refractivity contribution in [2.24, 2.45) is 5.92 Å². The van der Waals surface area contributed by atoms with Gasteiger partial charge in [-0.3, -0.25) is 9.59 Å². The second kappa shape index (κ2) is 12.6. The summed E-state index contributed by atoms with van der Waals surface area (Å²) in [7, 11) is 1.29. The Morgan fingerprint density at radius 1 is 1.29 bits per heavy atom. The van der Waals surface area contributed by atoms with E-state index in [0.29, 0.717) is 41.5 Å². The second-order valence-corrected chi connectivity index (χ2v) is 10.2. The minimum absolute atomic E-state index is 0.156. The molecule has 1 aliphatic heterocycles. The van der Waals surface area contributed by atoms with Gasteiger partial charge in [0, 0.05) is 48.0 Å². The highest BCUT2D eigenvalue weighted by Crippen LogP contribution is 2.35. The molecule has 1 aliphatic rings. The highest BCUT2D eigenvalue weighted by atomic mass is 35.5. The Labute approximate surface area is 216 Å². The zero-order valence-corrected chi connectivity index (χ0v) is 21.9. The van der Waals surface area contributed by atoms with E-state index in [0.717, 1.165) is 9.90 Å². The SMILES string of the molecule is COC(=O)C(Cc1nccs1)NC(=O)C1CCN(C(=O)C=Cc2ccc(SC)c(Cl)c2Cl)CC1. The van der Waals surface area contributed by atoms with Crippen molar-refractivity contribution in [3.63, 3.8) is 0 Å². The molecule has 1 aromatic carbocycles. The molecule has 11 heteroatoms. The van der Waals surface area contributed by atoms with Gasteiger partial charge in [-0.15, -0.1) is 23.1 Å². The largest absolute Gasteiger partial charge is 0.467 e. The molecule has 2 amide bonds. The van der Waals surface area contributed by atoms with Crippen LogP contribution in [-0.2, 0) is 25.5 Å². The van der Waals surface area contributed by atoms with Crippen LogP contribution >= 0.6 is 46.3 Å². The Morgan fingerprint density at radius 2 is 2.03 bits per heavy atom. The summed E-state index contributed by atoms with van der Waals surface area (Å²) in [6.45, 7) is 0.882. The third-order valence-electron chi connectivity index (χ3n) is 5.54. The summed E-state index contributed by atoms with van der Waals surface area (Å²) in [5.74, 6) is -1.17. The van der Waals surface area contributed by atoms with Crippen molar-refractivity contribution in [3.05, 3.63) is 50.4 Å². The maximum Gasteiger partial charge on any atom is 0.328 e. The number of carbonyl (C=O) groups is 3. The molecule has 1 aromatic heterocycles. The van der Waals surface area contributed by atoms with Crippen molar-refractivity contribution in [1.29, 1.82) is 0 Å². The molecule has 1 unspecified atom stereocenters. The van der Waals surface area contributed by atoms with Crippen molar-refractivity contribution in [2.75, 3.05) is 26.5 Å². The normalized spacial score (nSPS) is 15.4. The molecule has 182 valence electrons. The number of nitrogens with zero attached hydrogens (tertiary/aromatic N) is 2. The molecule has 0 bridgehead atoms. The number of benzene rings is 1. The topological polar surface area (TPSA) is 88.6 Å². The number of methoxy groups -OCH3 is 1. The lowest BCUT2D eigenvalue weighted by Crippen LogP contribution is -2.48. The number of ether oxygens (including phenoxy) is 1. The van der Waals surface area contributed by atoms with Gasteiger partial charge in [0.2, 0.25) is 11.8 Å². The van der Waals surface area contributed by atoms with Gasteiger partial charge < -0.3 is 15.0 Å². The lowest BCUT2D eigenvalue weighted by atomic mass is 9.95. The first kappa shape index (κ1) is 26.5. The molecule has 1 saturated heterocycles. The molecule has 3 rings (SSSR count). The van der Waals surface area contributed by atoms with Gasteiger partial charge in [0.1, 0.15) is 6.04 Å². The van der Waals surface area contributed by atoms with Crippen molar-refractivity contribution in [1.82, 2.24) is 15.2 Å². The summed E-state index contributed by atoms with van der Waals surface area (Å²) in [6, 6.07) is 2.90. The van der Waals surface area contributed by atoms with Crippen LogP contribution in [0.1, 0.15) is 23.4 Å². The average molecular weight is 543 g/mol. The molecule has 0 radical (unpaired) electrons. The summed E-state index contributed by atoms with van der Waals surface area (Å²) in [6.07, 6.45) is 7.98. The number of thioether (sulfide) groups is 1. The Hall–Kier alpha value is -2.07. The number of hydrogen-bond acceptors (Lipinski definition) is 7. The van der Waals surface area contributed by atoms with Gasteiger partial charge in [-0.25, -0.2) is 9.78 Å². The molecule has 0 spiro atoms. The highest BCUT2D eigenvalue weighted by Gasteiger charge is 2.30. The maximum absolute atomic E-state index is 12.8. The molecule has 1 atom stereocenters. The summed E-state index contributed by atoms with van der Waals surface area (Å²) in [4.78, 5) is 44.3. The van der Waals surface area contributed by atoms with Gasteiger partial charge in [-0.1, -0.05) is 29.3 Å². The van der Waals surface area contributed by atoms with E-state index in [1.807, 2.05) is 23.8 Å². The Balaban J connectivity index is 1.54. The van der Waals surface area contributed by atoms with E-state index >= 15 is 0 Å². The highest BCUT2D eigenvalue weighted by molar-refractivity contribution is 7.98. The first-order valence-corrected chi connectivity index (χ1v) is 13.5. The number of halogens is 2. The molecule has 1 fully saturated rings. The third-order valence-corrected chi connectivity index (χ3v) is 8.13. The quantitative estimate of drug-likeness (QED) is 0.304. The first-order chi connectivity index (χ1) is 16.3. The second-order valence-electron chi connectivity index (χ2n) is 7.63. The number of piperidine rings is 1. The van der Waals surface area contributed by atoms with Crippen molar-refractivity contribution >= 4 is 70.2 Å². The minimum Gasteiger partial charge on any atom is -0.467 e. The Bertz CT molecular complexity index is 1050. The molecule has 0 saturated carbocycles. The van der Waals surface area contributed by atoms with E-state index in [1.165, 1.54) is 36.3 Å². The van der Waals surface area contributed by atoms with Crippen LogP contribution in [0.15, 0.2) is 34.7 Å². The molecule has 34 heavy (non-hydrogen) atoms. The van der Waals surface area contributed by atoms with Gasteiger partial charge in [0.05, 0.1) is 22.2 Å². The number of carbonyl (C=O) groups excluding carboxylic acids is 3. The third kappa shape index (κ3) is 6.75. The molecule has 1 N–H and O–H groups in total. The number of rotatable bonds is 8. The van der Waals surface area contributed by atoms with Gasteiger partial charge in [0.15, 0.2) is 0 Å². The Kier molecular flexibility index (Phi) is 9.82. The number of likely N-dealkylation sites (tertiary alicyclic amines) is 1. The number of nitrogens with one attached hydrogen (secondary N) is 1. The fourth-order valence-electron chi connectivity index (χ4n) is 3.62. The van der Waals surface area contributed by atoms with Crippen LogP contribution in [0.3, 0.4) is 0 Å². The van der Waals surface area contributed by atoms with E-state index in [9.17, 15) is 14.4 Å². The molecule has 0 aliphatic carbocycles. The average Bonchev–Trinajstić information content (AvgIpc) is 3.37. The smallest absolute Gasteiger partial charge is 0.328 e. The monoisotopic (exact) mass is 541 g/mol. The summed E-state index contributed by atoms with van der Waals surface area (Å²) < 4.78 is 4.83. The lowest BCUT2D eigenvalue weighted by molar-refractivity contribution is -0.145. The van der Waals surface area contributed by atoms with Crippen molar-refractivity contribution in [3.8, 4) is 0 Å². The summed E-state index contributed by atoms with van der Waals surface area (Å²) in [5.41, 5.74) is 0.668.